The van der Waals surface area contributed by atoms with Crippen molar-refractivity contribution in [1.82, 2.24) is 0 Å². The molecule has 0 unspecified atom stereocenters. The van der Waals surface area contributed by atoms with Gasteiger partial charge in [-0.3, -0.25) is 0 Å². The minimum atomic E-state index is 0.113. The Labute approximate surface area is 103 Å². The molecule has 0 heterocycles. The first-order valence-electron chi connectivity index (χ1n) is 5.66. The summed E-state index contributed by atoms with van der Waals surface area (Å²) >= 11 is 6.01. The van der Waals surface area contributed by atoms with Gasteiger partial charge in [0.05, 0.1) is 13.2 Å². The van der Waals surface area contributed by atoms with Crippen molar-refractivity contribution in [3.8, 4) is 0 Å². The van der Waals surface area contributed by atoms with E-state index in [4.69, 9.17) is 22.1 Å². The van der Waals surface area contributed by atoms with E-state index in [9.17, 15) is 0 Å². The lowest BCUT2D eigenvalue weighted by Gasteiger charge is -2.14. The van der Waals surface area contributed by atoms with Crippen LogP contribution in [0.15, 0.2) is 24.3 Å². The fourth-order valence-corrected chi connectivity index (χ4v) is 1.80. The first-order chi connectivity index (χ1) is 7.59. The van der Waals surface area contributed by atoms with Crippen LogP contribution in [0.1, 0.15) is 25.8 Å². The van der Waals surface area contributed by atoms with E-state index in [2.05, 4.69) is 13.8 Å². The second kappa shape index (κ2) is 6.89. The Hall–Kier alpha value is -0.570. The van der Waals surface area contributed by atoms with Crippen molar-refractivity contribution in [3.05, 3.63) is 34.9 Å². The van der Waals surface area contributed by atoms with Gasteiger partial charge < -0.3 is 10.5 Å². The summed E-state index contributed by atoms with van der Waals surface area (Å²) in [4.78, 5) is 0. The maximum absolute atomic E-state index is 6.01. The van der Waals surface area contributed by atoms with Gasteiger partial charge in [0.1, 0.15) is 0 Å². The Morgan fingerprint density at radius 3 is 2.62 bits per heavy atom. The molecular weight excluding hydrogens is 222 g/mol. The number of ether oxygens (including phenoxy) is 1. The zero-order valence-corrected chi connectivity index (χ0v) is 10.7. The molecule has 0 spiro atoms. The van der Waals surface area contributed by atoms with Gasteiger partial charge in [-0.15, -0.1) is 0 Å². The minimum Gasteiger partial charge on any atom is -0.375 e. The second-order valence-electron chi connectivity index (χ2n) is 4.50. The summed E-state index contributed by atoms with van der Waals surface area (Å²) in [5.41, 5.74) is 6.93. The van der Waals surface area contributed by atoms with Crippen molar-refractivity contribution < 1.29 is 4.74 Å². The van der Waals surface area contributed by atoms with Crippen LogP contribution >= 0.6 is 11.6 Å². The molecule has 0 radical (unpaired) electrons. The van der Waals surface area contributed by atoms with Crippen LogP contribution in [-0.2, 0) is 11.3 Å². The molecule has 2 nitrogen and oxygen atoms in total. The van der Waals surface area contributed by atoms with E-state index in [0.29, 0.717) is 19.1 Å². The Balaban J connectivity index is 2.28. The summed E-state index contributed by atoms with van der Waals surface area (Å²) in [6.45, 7) is 5.44. The number of hydrogen-bond donors (Lipinski definition) is 1. The Morgan fingerprint density at radius 1 is 1.31 bits per heavy atom. The number of benzene rings is 1. The zero-order valence-electron chi connectivity index (χ0n) is 9.95. The number of halogens is 1. The van der Waals surface area contributed by atoms with E-state index < -0.39 is 0 Å². The predicted molar refractivity (Wildman–Crippen MR) is 68.5 cm³/mol. The molecule has 0 fully saturated rings. The van der Waals surface area contributed by atoms with Gasteiger partial charge in [-0.1, -0.05) is 43.6 Å². The highest BCUT2D eigenvalue weighted by atomic mass is 35.5. The molecule has 0 amide bonds. The fourth-order valence-electron chi connectivity index (χ4n) is 1.61. The first kappa shape index (κ1) is 13.5. The SMILES string of the molecule is CC(C)C[C@H](N)COCc1ccccc1Cl. The minimum absolute atomic E-state index is 0.113. The van der Waals surface area contributed by atoms with Crippen molar-refractivity contribution in [2.24, 2.45) is 11.7 Å². The highest BCUT2D eigenvalue weighted by molar-refractivity contribution is 6.31. The molecule has 0 bridgehead atoms. The number of hydrogen-bond acceptors (Lipinski definition) is 2. The maximum atomic E-state index is 6.01. The van der Waals surface area contributed by atoms with Crippen molar-refractivity contribution in [2.75, 3.05) is 6.61 Å². The van der Waals surface area contributed by atoms with E-state index in [1.165, 1.54) is 0 Å². The van der Waals surface area contributed by atoms with Crippen LogP contribution in [0.4, 0.5) is 0 Å². The largest absolute Gasteiger partial charge is 0.375 e. The summed E-state index contributed by atoms with van der Waals surface area (Å²) in [5.74, 6) is 0.610. The number of nitrogens with two attached hydrogens (primary N) is 1. The van der Waals surface area contributed by atoms with Crippen molar-refractivity contribution >= 4 is 11.6 Å². The Kier molecular flexibility index (Phi) is 5.81. The van der Waals surface area contributed by atoms with Gasteiger partial charge in [0.25, 0.3) is 0 Å². The molecule has 1 rings (SSSR count). The third-order valence-corrected chi connectivity index (χ3v) is 2.69. The van der Waals surface area contributed by atoms with Gasteiger partial charge in [0, 0.05) is 11.1 Å². The molecule has 0 saturated carbocycles. The molecule has 0 saturated heterocycles. The topological polar surface area (TPSA) is 35.2 Å². The summed E-state index contributed by atoms with van der Waals surface area (Å²) in [5, 5.41) is 0.750. The molecule has 0 aliphatic carbocycles. The standard InChI is InChI=1S/C13H20ClNO/c1-10(2)7-12(15)9-16-8-11-5-3-4-6-13(11)14/h3-6,10,12H,7-9,15H2,1-2H3/t12-/m0/s1. The van der Waals surface area contributed by atoms with E-state index in [1.807, 2.05) is 24.3 Å². The van der Waals surface area contributed by atoms with E-state index in [0.717, 1.165) is 17.0 Å². The highest BCUT2D eigenvalue weighted by Gasteiger charge is 2.06. The van der Waals surface area contributed by atoms with Crippen LogP contribution in [0.2, 0.25) is 5.02 Å². The molecule has 3 heteroatoms. The van der Waals surface area contributed by atoms with Gasteiger partial charge in [-0.2, -0.15) is 0 Å². The van der Waals surface area contributed by atoms with Gasteiger partial charge in [0.2, 0.25) is 0 Å². The van der Waals surface area contributed by atoms with Gasteiger partial charge in [-0.25, -0.2) is 0 Å². The summed E-state index contributed by atoms with van der Waals surface area (Å²) in [6.07, 6.45) is 0.989. The molecule has 1 aromatic carbocycles. The van der Waals surface area contributed by atoms with Gasteiger partial charge in [-0.05, 0) is 24.0 Å². The van der Waals surface area contributed by atoms with Crippen LogP contribution < -0.4 is 5.73 Å². The van der Waals surface area contributed by atoms with Crippen LogP contribution in [0.5, 0.6) is 0 Å². The molecule has 1 aromatic rings. The van der Waals surface area contributed by atoms with Crippen LogP contribution in [0.3, 0.4) is 0 Å². The predicted octanol–water partition coefficient (Wildman–Crippen LogP) is 3.23. The molecule has 16 heavy (non-hydrogen) atoms. The Bertz CT molecular complexity index is 315. The fraction of sp³-hybridized carbons (Fsp3) is 0.538. The normalized spacial score (nSPS) is 13.1. The van der Waals surface area contributed by atoms with Crippen LogP contribution in [0.25, 0.3) is 0 Å². The highest BCUT2D eigenvalue weighted by Crippen LogP contribution is 2.15. The number of rotatable bonds is 6. The van der Waals surface area contributed by atoms with Crippen LogP contribution in [0, 0.1) is 5.92 Å². The molecule has 0 aromatic heterocycles. The summed E-state index contributed by atoms with van der Waals surface area (Å²) in [7, 11) is 0. The third-order valence-electron chi connectivity index (χ3n) is 2.32. The van der Waals surface area contributed by atoms with Crippen molar-refractivity contribution in [2.45, 2.75) is 32.9 Å². The average Bonchev–Trinajstić information content (AvgIpc) is 2.19. The van der Waals surface area contributed by atoms with Crippen molar-refractivity contribution in [1.29, 1.82) is 0 Å². The van der Waals surface area contributed by atoms with Crippen molar-refractivity contribution in [3.63, 3.8) is 0 Å². The maximum Gasteiger partial charge on any atom is 0.0732 e. The molecule has 0 aliphatic heterocycles. The lowest BCUT2D eigenvalue weighted by molar-refractivity contribution is 0.103. The molecular formula is C13H20ClNO. The lowest BCUT2D eigenvalue weighted by atomic mass is 10.1. The monoisotopic (exact) mass is 241 g/mol. The van der Waals surface area contributed by atoms with Crippen LogP contribution in [-0.4, -0.2) is 12.6 Å². The quantitative estimate of drug-likeness (QED) is 0.830. The molecule has 1 atom stereocenters. The molecule has 90 valence electrons. The average molecular weight is 242 g/mol. The van der Waals surface area contributed by atoms with Gasteiger partial charge in [0.15, 0.2) is 0 Å². The molecule has 2 N–H and O–H groups in total. The smallest absolute Gasteiger partial charge is 0.0732 e. The second-order valence-corrected chi connectivity index (χ2v) is 4.90. The first-order valence-corrected chi connectivity index (χ1v) is 6.04. The van der Waals surface area contributed by atoms with E-state index in [-0.39, 0.29) is 6.04 Å². The Morgan fingerprint density at radius 2 is 2.00 bits per heavy atom. The third kappa shape index (κ3) is 4.97. The zero-order chi connectivity index (χ0) is 12.0. The van der Waals surface area contributed by atoms with Gasteiger partial charge >= 0.3 is 0 Å². The van der Waals surface area contributed by atoms with E-state index >= 15 is 0 Å². The lowest BCUT2D eigenvalue weighted by Crippen LogP contribution is -2.27. The summed E-state index contributed by atoms with van der Waals surface area (Å²) < 4.78 is 5.55. The van der Waals surface area contributed by atoms with E-state index in [1.54, 1.807) is 0 Å². The molecule has 0 aliphatic rings. The summed E-state index contributed by atoms with van der Waals surface area (Å²) in [6, 6.07) is 7.82.